The summed E-state index contributed by atoms with van der Waals surface area (Å²) in [7, 11) is 0. The van der Waals surface area contributed by atoms with Gasteiger partial charge >= 0.3 is 0 Å². The topological polar surface area (TPSA) is 46.2 Å². The van der Waals surface area contributed by atoms with Crippen LogP contribution in [0.5, 0.6) is 0 Å². The maximum Gasteiger partial charge on any atom is 0.224 e. The number of carbonyl (C=O) groups is 2. The first kappa shape index (κ1) is 13.1. The Labute approximate surface area is 121 Å². The van der Waals surface area contributed by atoms with Crippen molar-refractivity contribution in [2.45, 2.75) is 26.2 Å². The summed E-state index contributed by atoms with van der Waals surface area (Å²) in [5, 5.41) is 6.76. The molecule has 0 saturated heterocycles. The van der Waals surface area contributed by atoms with Crippen molar-refractivity contribution in [2.75, 3.05) is 5.32 Å². The standard InChI is InChI=1S/C16H15NO2S/c1-10-8-20-9-13(10)16(19)12-5-6-14-11(7-12)3-2-4-15(18)17-14/h5-9H,2-4H2,1H3,(H,17,18). The molecule has 0 bridgehead atoms. The molecule has 1 amide bonds. The quantitative estimate of drug-likeness (QED) is 0.857. The first-order chi connectivity index (χ1) is 9.65. The first-order valence-electron chi connectivity index (χ1n) is 6.65. The zero-order chi connectivity index (χ0) is 14.1. The highest BCUT2D eigenvalue weighted by Gasteiger charge is 2.17. The van der Waals surface area contributed by atoms with Gasteiger partial charge in [-0.2, -0.15) is 11.3 Å². The molecule has 1 aliphatic heterocycles. The Morgan fingerprint density at radius 3 is 2.85 bits per heavy atom. The molecule has 1 aromatic carbocycles. The average Bonchev–Trinajstić information content (AvgIpc) is 2.76. The number of nitrogens with one attached hydrogen (secondary N) is 1. The Morgan fingerprint density at radius 1 is 1.25 bits per heavy atom. The number of aryl methyl sites for hydroxylation is 2. The molecule has 0 unspecified atom stereocenters. The van der Waals surface area contributed by atoms with Crippen molar-refractivity contribution in [1.82, 2.24) is 0 Å². The summed E-state index contributed by atoms with van der Waals surface area (Å²) >= 11 is 1.54. The van der Waals surface area contributed by atoms with E-state index in [0.717, 1.165) is 35.2 Å². The van der Waals surface area contributed by atoms with Crippen molar-refractivity contribution in [3.05, 3.63) is 51.2 Å². The third kappa shape index (κ3) is 2.39. The molecule has 0 spiro atoms. The van der Waals surface area contributed by atoms with E-state index in [1.807, 2.05) is 29.8 Å². The predicted molar refractivity (Wildman–Crippen MR) is 80.5 cm³/mol. The Balaban J connectivity index is 1.96. The predicted octanol–water partition coefficient (Wildman–Crippen LogP) is 3.56. The fourth-order valence-corrected chi connectivity index (χ4v) is 3.29. The minimum absolute atomic E-state index is 0.0523. The summed E-state index contributed by atoms with van der Waals surface area (Å²) in [4.78, 5) is 24.0. The van der Waals surface area contributed by atoms with E-state index in [1.165, 1.54) is 0 Å². The Morgan fingerprint density at radius 2 is 2.10 bits per heavy atom. The number of fused-ring (bicyclic) bond motifs is 1. The van der Waals surface area contributed by atoms with Crippen LogP contribution >= 0.6 is 11.3 Å². The van der Waals surface area contributed by atoms with Crippen LogP contribution in [0.1, 0.15) is 39.9 Å². The molecular formula is C16H15NO2S. The van der Waals surface area contributed by atoms with Gasteiger partial charge in [0, 0.05) is 28.6 Å². The van der Waals surface area contributed by atoms with Gasteiger partial charge in [-0.3, -0.25) is 9.59 Å². The highest BCUT2D eigenvalue weighted by atomic mass is 32.1. The van der Waals surface area contributed by atoms with Gasteiger partial charge in [-0.1, -0.05) is 0 Å². The van der Waals surface area contributed by atoms with E-state index < -0.39 is 0 Å². The number of amides is 1. The molecule has 0 atom stereocenters. The molecule has 0 aliphatic carbocycles. The smallest absolute Gasteiger partial charge is 0.224 e. The van der Waals surface area contributed by atoms with Gasteiger partial charge in [-0.25, -0.2) is 0 Å². The monoisotopic (exact) mass is 285 g/mol. The van der Waals surface area contributed by atoms with Crippen molar-refractivity contribution < 1.29 is 9.59 Å². The van der Waals surface area contributed by atoms with E-state index in [4.69, 9.17) is 0 Å². The summed E-state index contributed by atoms with van der Waals surface area (Å²) in [5.41, 5.74) is 4.37. The molecule has 2 aromatic rings. The molecule has 1 N–H and O–H groups in total. The maximum atomic E-state index is 12.5. The summed E-state index contributed by atoms with van der Waals surface area (Å²) in [6, 6.07) is 5.55. The number of hydrogen-bond acceptors (Lipinski definition) is 3. The fourth-order valence-electron chi connectivity index (χ4n) is 2.46. The highest BCUT2D eigenvalue weighted by Crippen LogP contribution is 2.25. The van der Waals surface area contributed by atoms with Gasteiger partial charge in [0.05, 0.1) is 0 Å². The van der Waals surface area contributed by atoms with E-state index >= 15 is 0 Å². The average molecular weight is 285 g/mol. The number of ketones is 1. The largest absolute Gasteiger partial charge is 0.326 e. The van der Waals surface area contributed by atoms with Crippen LogP contribution in [-0.2, 0) is 11.2 Å². The second-order valence-electron chi connectivity index (χ2n) is 5.07. The molecule has 20 heavy (non-hydrogen) atoms. The lowest BCUT2D eigenvalue weighted by atomic mass is 9.98. The van der Waals surface area contributed by atoms with Gasteiger partial charge in [0.1, 0.15) is 0 Å². The first-order valence-corrected chi connectivity index (χ1v) is 7.59. The van der Waals surface area contributed by atoms with Gasteiger partial charge < -0.3 is 5.32 Å². The van der Waals surface area contributed by atoms with Crippen molar-refractivity contribution in [3.63, 3.8) is 0 Å². The van der Waals surface area contributed by atoms with Crippen molar-refractivity contribution in [2.24, 2.45) is 0 Å². The summed E-state index contributed by atoms with van der Waals surface area (Å²) < 4.78 is 0. The van der Waals surface area contributed by atoms with Crippen molar-refractivity contribution in [1.29, 1.82) is 0 Å². The highest BCUT2D eigenvalue weighted by molar-refractivity contribution is 7.08. The molecule has 0 radical (unpaired) electrons. The molecule has 102 valence electrons. The summed E-state index contributed by atoms with van der Waals surface area (Å²) in [6.45, 7) is 1.95. The number of thiophene rings is 1. The number of carbonyl (C=O) groups excluding carboxylic acids is 2. The number of benzene rings is 1. The van der Waals surface area contributed by atoms with Crippen LogP contribution in [0.2, 0.25) is 0 Å². The van der Waals surface area contributed by atoms with E-state index in [-0.39, 0.29) is 11.7 Å². The SMILES string of the molecule is Cc1cscc1C(=O)c1ccc2c(c1)CCCC(=O)N2. The van der Waals surface area contributed by atoms with E-state index in [0.29, 0.717) is 12.0 Å². The second kappa shape index (κ2) is 5.21. The maximum absolute atomic E-state index is 12.5. The normalized spacial score (nSPS) is 14.3. The van der Waals surface area contributed by atoms with E-state index in [2.05, 4.69) is 5.32 Å². The number of hydrogen-bond donors (Lipinski definition) is 1. The molecule has 0 fully saturated rings. The molecule has 1 aliphatic rings. The fraction of sp³-hybridized carbons (Fsp3) is 0.250. The van der Waals surface area contributed by atoms with Gasteiger partial charge in [0.2, 0.25) is 5.91 Å². The number of anilines is 1. The lowest BCUT2D eigenvalue weighted by Gasteiger charge is -2.08. The van der Waals surface area contributed by atoms with Crippen molar-refractivity contribution >= 4 is 28.7 Å². The van der Waals surface area contributed by atoms with Gasteiger partial charge in [-0.05, 0) is 54.5 Å². The van der Waals surface area contributed by atoms with Crippen LogP contribution in [0.15, 0.2) is 29.0 Å². The van der Waals surface area contributed by atoms with E-state index in [1.54, 1.807) is 17.4 Å². The van der Waals surface area contributed by atoms with Gasteiger partial charge in [0.25, 0.3) is 0 Å². The van der Waals surface area contributed by atoms with Crippen LogP contribution < -0.4 is 5.32 Å². The summed E-state index contributed by atoms with van der Waals surface area (Å²) in [6.07, 6.45) is 2.20. The molecular weight excluding hydrogens is 270 g/mol. The molecule has 2 heterocycles. The van der Waals surface area contributed by atoms with Crippen LogP contribution in [0.4, 0.5) is 5.69 Å². The minimum Gasteiger partial charge on any atom is -0.326 e. The number of rotatable bonds is 2. The van der Waals surface area contributed by atoms with Crippen LogP contribution in [0.25, 0.3) is 0 Å². The van der Waals surface area contributed by atoms with Crippen molar-refractivity contribution in [3.8, 4) is 0 Å². The molecule has 4 heteroatoms. The molecule has 3 rings (SSSR count). The third-order valence-electron chi connectivity index (χ3n) is 3.59. The van der Waals surface area contributed by atoms with Crippen LogP contribution in [-0.4, -0.2) is 11.7 Å². The minimum atomic E-state index is 0.0523. The zero-order valence-electron chi connectivity index (χ0n) is 11.2. The molecule has 3 nitrogen and oxygen atoms in total. The second-order valence-corrected chi connectivity index (χ2v) is 5.81. The van der Waals surface area contributed by atoms with Crippen LogP contribution in [0, 0.1) is 6.92 Å². The van der Waals surface area contributed by atoms with Gasteiger partial charge in [-0.15, -0.1) is 0 Å². The van der Waals surface area contributed by atoms with Gasteiger partial charge in [0.15, 0.2) is 5.78 Å². The lowest BCUT2D eigenvalue weighted by molar-refractivity contribution is -0.116. The van der Waals surface area contributed by atoms with Crippen LogP contribution in [0.3, 0.4) is 0 Å². The zero-order valence-corrected chi connectivity index (χ0v) is 12.0. The van der Waals surface area contributed by atoms with E-state index in [9.17, 15) is 9.59 Å². The Bertz CT molecular complexity index is 688. The molecule has 1 aromatic heterocycles. The molecule has 0 saturated carbocycles. The Kier molecular flexibility index (Phi) is 3.40. The third-order valence-corrected chi connectivity index (χ3v) is 4.45. The Hall–Kier alpha value is -1.94. The lowest BCUT2D eigenvalue weighted by Crippen LogP contribution is -2.09. The summed E-state index contributed by atoms with van der Waals surface area (Å²) in [5.74, 6) is 0.110.